The van der Waals surface area contributed by atoms with Crippen LogP contribution in [0.2, 0.25) is 0 Å². The number of benzene rings is 1. The van der Waals surface area contributed by atoms with Crippen molar-refractivity contribution in [3.63, 3.8) is 0 Å². The van der Waals surface area contributed by atoms with Crippen molar-refractivity contribution < 1.29 is 9.53 Å². The molecule has 1 aromatic heterocycles. The molecule has 0 radical (unpaired) electrons. The van der Waals surface area contributed by atoms with E-state index in [-0.39, 0.29) is 11.8 Å². The molecule has 0 saturated heterocycles. The third kappa shape index (κ3) is 4.20. The number of nitrogens with zero attached hydrogens (tertiary/aromatic N) is 3. The van der Waals surface area contributed by atoms with E-state index in [1.165, 1.54) is 0 Å². The quantitative estimate of drug-likeness (QED) is 0.840. The van der Waals surface area contributed by atoms with Gasteiger partial charge in [-0.1, -0.05) is 32.0 Å². The molecule has 6 heteroatoms. The van der Waals surface area contributed by atoms with Crippen LogP contribution < -0.4 is 10.1 Å². The topological polar surface area (TPSA) is 59.4 Å². The zero-order valence-electron chi connectivity index (χ0n) is 14.9. The number of carbonyl (C=O) groups excluding carboxylic acids is 1. The van der Waals surface area contributed by atoms with Crippen molar-refractivity contribution in [2.24, 2.45) is 0 Å². The minimum absolute atomic E-state index is 0.000886. The number of amides is 1. The molecule has 1 amide bonds. The van der Waals surface area contributed by atoms with Gasteiger partial charge in [0, 0.05) is 18.3 Å². The van der Waals surface area contributed by atoms with Crippen LogP contribution in [0.5, 0.6) is 5.75 Å². The summed E-state index contributed by atoms with van der Waals surface area (Å²) < 4.78 is 7.51. The molecule has 0 fully saturated rings. The highest BCUT2D eigenvalue weighted by atomic mass is 16.5. The van der Waals surface area contributed by atoms with E-state index in [1.54, 1.807) is 6.20 Å². The van der Waals surface area contributed by atoms with Crippen LogP contribution in [0.15, 0.2) is 36.7 Å². The Bertz CT molecular complexity index is 709. The summed E-state index contributed by atoms with van der Waals surface area (Å²) in [7, 11) is 0. The van der Waals surface area contributed by atoms with Gasteiger partial charge >= 0.3 is 0 Å². The molecule has 0 saturated carbocycles. The van der Waals surface area contributed by atoms with Crippen molar-refractivity contribution in [2.45, 2.75) is 32.7 Å². The number of hydrogen-bond acceptors (Lipinski definition) is 4. The van der Waals surface area contributed by atoms with Gasteiger partial charge in [0.1, 0.15) is 5.75 Å². The Morgan fingerprint density at radius 3 is 2.96 bits per heavy atom. The van der Waals surface area contributed by atoms with Gasteiger partial charge in [0.25, 0.3) is 0 Å². The molecule has 1 aliphatic heterocycles. The van der Waals surface area contributed by atoms with Crippen molar-refractivity contribution in [1.82, 2.24) is 14.7 Å². The largest absolute Gasteiger partial charge is 0.493 e. The highest BCUT2D eigenvalue weighted by molar-refractivity contribution is 5.96. The Hall–Kier alpha value is -2.34. The molecular formula is C19H26N4O2. The second-order valence-corrected chi connectivity index (χ2v) is 6.24. The first-order valence-corrected chi connectivity index (χ1v) is 8.98. The molecule has 0 aliphatic carbocycles. The smallest absolute Gasteiger partial charge is 0.232 e. The van der Waals surface area contributed by atoms with Gasteiger partial charge in [-0.3, -0.25) is 9.48 Å². The molecule has 6 nitrogen and oxygen atoms in total. The van der Waals surface area contributed by atoms with Gasteiger partial charge in [0.05, 0.1) is 31.0 Å². The van der Waals surface area contributed by atoms with E-state index in [4.69, 9.17) is 4.74 Å². The zero-order chi connectivity index (χ0) is 17.6. The van der Waals surface area contributed by atoms with Gasteiger partial charge in [-0.2, -0.15) is 5.10 Å². The number of aromatic nitrogens is 2. The Balaban J connectivity index is 1.61. The van der Waals surface area contributed by atoms with Crippen molar-refractivity contribution in [1.29, 1.82) is 0 Å². The third-order valence-electron chi connectivity index (χ3n) is 4.72. The molecule has 1 N–H and O–H groups in total. The highest BCUT2D eigenvalue weighted by Gasteiger charge is 2.27. The summed E-state index contributed by atoms with van der Waals surface area (Å²) in [5, 5.41) is 7.35. The van der Waals surface area contributed by atoms with Crippen molar-refractivity contribution in [3.8, 4) is 5.75 Å². The van der Waals surface area contributed by atoms with E-state index in [1.807, 2.05) is 35.1 Å². The molecule has 25 heavy (non-hydrogen) atoms. The minimum Gasteiger partial charge on any atom is -0.493 e. The SMILES string of the molecule is CCN(CC)CCn1cc(NC(=O)C2CCOc3ccccc32)cn1. The molecule has 1 aromatic carbocycles. The van der Waals surface area contributed by atoms with Crippen molar-refractivity contribution in [2.75, 3.05) is 31.6 Å². The molecule has 1 atom stereocenters. The molecule has 0 spiro atoms. The van der Waals surface area contributed by atoms with Crippen LogP contribution in [0.25, 0.3) is 0 Å². The lowest BCUT2D eigenvalue weighted by Crippen LogP contribution is -2.27. The van der Waals surface area contributed by atoms with Crippen molar-refractivity contribution >= 4 is 11.6 Å². The van der Waals surface area contributed by atoms with Crippen molar-refractivity contribution in [3.05, 3.63) is 42.2 Å². The first kappa shape index (κ1) is 17.5. The van der Waals surface area contributed by atoms with E-state index in [0.29, 0.717) is 13.0 Å². The number of carbonyl (C=O) groups is 1. The number of fused-ring (bicyclic) bond motifs is 1. The molecule has 1 unspecified atom stereocenters. The number of rotatable bonds is 7. The van der Waals surface area contributed by atoms with Crippen LogP contribution in [0, 0.1) is 0 Å². The number of hydrogen-bond donors (Lipinski definition) is 1. The number of para-hydroxylation sites is 1. The highest BCUT2D eigenvalue weighted by Crippen LogP contribution is 2.34. The van der Waals surface area contributed by atoms with Crippen LogP contribution >= 0.6 is 0 Å². The fourth-order valence-corrected chi connectivity index (χ4v) is 3.18. The molecule has 2 aromatic rings. The lowest BCUT2D eigenvalue weighted by atomic mass is 9.92. The van der Waals surface area contributed by atoms with E-state index in [0.717, 1.165) is 43.2 Å². The predicted molar refractivity (Wildman–Crippen MR) is 97.9 cm³/mol. The maximum Gasteiger partial charge on any atom is 0.232 e. The summed E-state index contributed by atoms with van der Waals surface area (Å²) in [5.41, 5.74) is 1.70. The fraction of sp³-hybridized carbons (Fsp3) is 0.474. The average molecular weight is 342 g/mol. The number of ether oxygens (including phenoxy) is 1. The van der Waals surface area contributed by atoms with Gasteiger partial charge in [-0.25, -0.2) is 0 Å². The molecule has 0 bridgehead atoms. The molecule has 2 heterocycles. The zero-order valence-corrected chi connectivity index (χ0v) is 14.9. The fourth-order valence-electron chi connectivity index (χ4n) is 3.18. The van der Waals surface area contributed by atoms with Crippen LogP contribution in [-0.2, 0) is 11.3 Å². The van der Waals surface area contributed by atoms with E-state index in [9.17, 15) is 4.79 Å². The average Bonchev–Trinajstić information content (AvgIpc) is 3.09. The normalized spacial score (nSPS) is 16.4. The first-order valence-electron chi connectivity index (χ1n) is 8.98. The van der Waals surface area contributed by atoms with E-state index in [2.05, 4.69) is 29.2 Å². The standard InChI is InChI=1S/C19H26N4O2/c1-3-22(4-2)10-11-23-14-15(13-20-23)21-19(24)17-9-12-25-18-8-6-5-7-16(17)18/h5-8,13-14,17H,3-4,9-12H2,1-2H3,(H,21,24). The Morgan fingerprint density at radius 2 is 2.16 bits per heavy atom. The first-order chi connectivity index (χ1) is 12.2. The monoisotopic (exact) mass is 342 g/mol. The lowest BCUT2D eigenvalue weighted by molar-refractivity contribution is -0.118. The van der Waals surface area contributed by atoms with Gasteiger partial charge < -0.3 is 15.0 Å². The summed E-state index contributed by atoms with van der Waals surface area (Å²) in [6.07, 6.45) is 4.30. The maximum atomic E-state index is 12.7. The van der Waals surface area contributed by atoms with Crippen LogP contribution in [0.3, 0.4) is 0 Å². The summed E-state index contributed by atoms with van der Waals surface area (Å²) in [4.78, 5) is 15.0. The molecule has 3 rings (SSSR count). The summed E-state index contributed by atoms with van der Waals surface area (Å²) in [6.45, 7) is 8.72. The summed E-state index contributed by atoms with van der Waals surface area (Å²) in [6, 6.07) is 7.75. The van der Waals surface area contributed by atoms with Gasteiger partial charge in [0.15, 0.2) is 0 Å². The minimum atomic E-state index is -0.177. The Morgan fingerprint density at radius 1 is 1.36 bits per heavy atom. The third-order valence-corrected chi connectivity index (χ3v) is 4.72. The van der Waals surface area contributed by atoms with Gasteiger partial charge in [-0.05, 0) is 25.6 Å². The summed E-state index contributed by atoms with van der Waals surface area (Å²) in [5.74, 6) is 0.631. The van der Waals surface area contributed by atoms with E-state index >= 15 is 0 Å². The van der Waals surface area contributed by atoms with Crippen LogP contribution in [0.4, 0.5) is 5.69 Å². The molecular weight excluding hydrogens is 316 g/mol. The van der Waals surface area contributed by atoms with Gasteiger partial charge in [0.2, 0.25) is 5.91 Å². The molecule has 1 aliphatic rings. The number of nitrogens with one attached hydrogen (secondary N) is 1. The Kier molecular flexibility index (Phi) is 5.71. The van der Waals surface area contributed by atoms with Crippen LogP contribution in [-0.4, -0.2) is 46.8 Å². The Labute approximate surface area is 148 Å². The second kappa shape index (κ2) is 8.16. The number of anilines is 1. The predicted octanol–water partition coefficient (Wildman–Crippen LogP) is 2.73. The van der Waals surface area contributed by atoms with Crippen LogP contribution in [0.1, 0.15) is 31.7 Å². The lowest BCUT2D eigenvalue weighted by Gasteiger charge is -2.24. The molecule has 134 valence electrons. The second-order valence-electron chi connectivity index (χ2n) is 6.24. The number of likely N-dealkylation sites (N-methyl/N-ethyl adjacent to an activating group) is 1. The summed E-state index contributed by atoms with van der Waals surface area (Å²) >= 11 is 0. The van der Waals surface area contributed by atoms with E-state index < -0.39 is 0 Å². The maximum absolute atomic E-state index is 12.7. The van der Waals surface area contributed by atoms with Gasteiger partial charge in [-0.15, -0.1) is 0 Å².